The fraction of sp³-hybridized carbons (Fsp3) is 0.558. The first-order valence-corrected chi connectivity index (χ1v) is 20.9. The number of carboxylic acids is 1. The van der Waals surface area contributed by atoms with E-state index in [4.69, 9.17) is 27.7 Å². The first-order chi connectivity index (χ1) is 27.9. The van der Waals surface area contributed by atoms with E-state index in [1.54, 1.807) is 12.1 Å². The van der Waals surface area contributed by atoms with Gasteiger partial charge in [0.05, 0.1) is 12.1 Å². The van der Waals surface area contributed by atoms with Gasteiger partial charge in [0.15, 0.2) is 11.9 Å². The molecule has 4 aliphatic rings. The Morgan fingerprint density at radius 2 is 1.40 bits per heavy atom. The predicted molar refractivity (Wildman–Crippen MR) is 224 cm³/mol. The third-order valence-corrected chi connectivity index (χ3v) is 12.4. The summed E-state index contributed by atoms with van der Waals surface area (Å²) in [5.74, 6) is -0.315. The number of benzene rings is 2. The minimum absolute atomic E-state index is 0.0731. The van der Waals surface area contributed by atoms with E-state index in [-0.39, 0.29) is 35.9 Å². The molecule has 58 heavy (non-hydrogen) atoms. The molecule has 15 heteroatoms. The molecule has 1 atom stereocenters. The average molecular weight is 800 g/mol. The number of phenolic OH excluding ortho intramolecular Hbond substituents is 1. The van der Waals surface area contributed by atoms with Crippen LogP contribution in [0.1, 0.15) is 99.5 Å². The SMILES string of the molecule is NC(N)=NCCCCCCOc1ccc2cc(C(=O)N[C@@H](Cc3ccc(O)cc3)C(=O)NC3(C(=O)O)C4CC5CC(C4)CC3C5)n(CCCCCCN=C(N)N)c2c1. The molecule has 0 unspecified atom stereocenters. The average Bonchev–Trinajstić information content (AvgIpc) is 3.54. The Morgan fingerprint density at radius 3 is 2.00 bits per heavy atom. The molecule has 4 saturated carbocycles. The van der Waals surface area contributed by atoms with Gasteiger partial charge in [-0.05, 0) is 124 Å². The van der Waals surface area contributed by atoms with E-state index < -0.39 is 29.4 Å². The summed E-state index contributed by atoms with van der Waals surface area (Å²) in [6.07, 6.45) is 11.5. The smallest absolute Gasteiger partial charge is 0.330 e. The molecule has 4 aliphatic carbocycles. The van der Waals surface area contributed by atoms with E-state index in [1.165, 1.54) is 12.1 Å². The van der Waals surface area contributed by atoms with Gasteiger partial charge in [0, 0.05) is 37.5 Å². The summed E-state index contributed by atoms with van der Waals surface area (Å²) in [6, 6.07) is 13.0. The number of aliphatic carboxylic acids is 1. The number of unbranched alkanes of at least 4 members (excludes halogenated alkanes) is 6. The minimum atomic E-state index is -1.37. The van der Waals surface area contributed by atoms with Crippen molar-refractivity contribution in [2.45, 2.75) is 108 Å². The van der Waals surface area contributed by atoms with Crippen LogP contribution in [-0.2, 0) is 22.6 Å². The third-order valence-electron chi connectivity index (χ3n) is 12.4. The molecule has 0 radical (unpaired) electrons. The number of rotatable bonds is 22. The maximum Gasteiger partial charge on any atom is 0.330 e. The number of amides is 2. The summed E-state index contributed by atoms with van der Waals surface area (Å²) in [7, 11) is 0. The highest BCUT2D eigenvalue weighted by Gasteiger charge is 2.62. The molecule has 0 spiro atoms. The molecule has 1 aromatic heterocycles. The van der Waals surface area contributed by atoms with Crippen molar-refractivity contribution in [3.8, 4) is 11.5 Å². The van der Waals surface area contributed by atoms with Gasteiger partial charge >= 0.3 is 5.97 Å². The van der Waals surface area contributed by atoms with E-state index in [9.17, 15) is 24.6 Å². The van der Waals surface area contributed by atoms with Crippen LogP contribution in [0.3, 0.4) is 0 Å². The number of hydrogen-bond acceptors (Lipinski definition) is 7. The number of nitrogens with two attached hydrogens (primary N) is 4. The zero-order valence-corrected chi connectivity index (χ0v) is 33.4. The van der Waals surface area contributed by atoms with Crippen LogP contribution >= 0.6 is 0 Å². The second kappa shape index (κ2) is 19.3. The molecule has 0 saturated heterocycles. The Morgan fingerprint density at radius 1 is 0.793 bits per heavy atom. The number of fused-ring (bicyclic) bond motifs is 1. The molecule has 7 rings (SSSR count). The molecular formula is C43H61N9O6. The fourth-order valence-electron chi connectivity index (χ4n) is 9.80. The van der Waals surface area contributed by atoms with Crippen molar-refractivity contribution >= 4 is 40.6 Å². The van der Waals surface area contributed by atoms with Gasteiger partial charge in [-0.1, -0.05) is 31.4 Å². The van der Waals surface area contributed by atoms with Gasteiger partial charge in [0.2, 0.25) is 5.91 Å². The summed E-state index contributed by atoms with van der Waals surface area (Å²) < 4.78 is 8.13. The lowest BCUT2D eigenvalue weighted by Crippen LogP contribution is -2.71. The van der Waals surface area contributed by atoms with Crippen molar-refractivity contribution in [3.05, 3.63) is 59.8 Å². The number of hydrogen-bond donors (Lipinski definition) is 8. The lowest BCUT2D eigenvalue weighted by Gasteiger charge is -2.59. The number of guanidine groups is 2. The maximum absolute atomic E-state index is 14.5. The molecule has 3 aromatic rings. The maximum atomic E-state index is 14.5. The molecule has 2 amide bonds. The van der Waals surface area contributed by atoms with E-state index in [1.807, 2.05) is 28.8 Å². The highest BCUT2D eigenvalue weighted by Crippen LogP contribution is 2.58. The molecule has 314 valence electrons. The summed E-state index contributed by atoms with van der Waals surface area (Å²) in [4.78, 5) is 50.2. The number of aromatic hydroxyl groups is 1. The fourth-order valence-corrected chi connectivity index (χ4v) is 9.80. The molecule has 4 fully saturated rings. The predicted octanol–water partition coefficient (Wildman–Crippen LogP) is 4.13. The van der Waals surface area contributed by atoms with Crippen molar-refractivity contribution in [1.82, 2.24) is 15.2 Å². The normalized spacial score (nSPS) is 22.3. The van der Waals surface area contributed by atoms with Crippen molar-refractivity contribution in [3.63, 3.8) is 0 Å². The van der Waals surface area contributed by atoms with Gasteiger partial charge in [-0.2, -0.15) is 0 Å². The van der Waals surface area contributed by atoms with E-state index in [0.29, 0.717) is 55.1 Å². The van der Waals surface area contributed by atoms with Gasteiger partial charge < -0.3 is 53.1 Å². The van der Waals surface area contributed by atoms with Gasteiger partial charge in [0.1, 0.15) is 28.8 Å². The highest BCUT2D eigenvalue weighted by molar-refractivity contribution is 6.01. The molecule has 4 bridgehead atoms. The number of carbonyl (C=O) groups excluding carboxylic acids is 2. The molecule has 0 aliphatic heterocycles. The van der Waals surface area contributed by atoms with Crippen molar-refractivity contribution in [2.24, 2.45) is 56.6 Å². The Balaban J connectivity index is 1.21. The van der Waals surface area contributed by atoms with E-state index in [0.717, 1.165) is 94.4 Å². The van der Waals surface area contributed by atoms with Crippen molar-refractivity contribution in [1.29, 1.82) is 0 Å². The van der Waals surface area contributed by atoms with Crippen LogP contribution in [0.5, 0.6) is 11.5 Å². The summed E-state index contributed by atoms with van der Waals surface area (Å²) >= 11 is 0. The highest BCUT2D eigenvalue weighted by atomic mass is 16.5. The second-order valence-electron chi connectivity index (χ2n) is 16.6. The van der Waals surface area contributed by atoms with Crippen LogP contribution in [0.2, 0.25) is 0 Å². The van der Waals surface area contributed by atoms with Crippen molar-refractivity contribution in [2.75, 3.05) is 19.7 Å². The number of aromatic nitrogens is 1. The monoisotopic (exact) mass is 799 g/mol. The number of nitrogens with one attached hydrogen (secondary N) is 2. The van der Waals surface area contributed by atoms with Crippen molar-refractivity contribution < 1.29 is 29.3 Å². The number of carboxylic acid groups (broad SMARTS) is 1. The zero-order valence-electron chi connectivity index (χ0n) is 33.4. The largest absolute Gasteiger partial charge is 0.508 e. The van der Waals surface area contributed by atoms with Gasteiger partial charge in [-0.15, -0.1) is 0 Å². The first kappa shape index (κ1) is 42.1. The summed E-state index contributed by atoms with van der Waals surface area (Å²) in [5, 5.41) is 27.7. The van der Waals surface area contributed by atoms with E-state index in [2.05, 4.69) is 20.6 Å². The standard InChI is InChI=1S/C43H61N9O6/c44-41(45)48-15-5-1-3-7-17-52-36-26-34(58-18-8-4-2-6-16-49-42(46)47)14-11-30(36)25-37(52)39(55)50-35(24-27-9-12-33(53)13-10-27)38(54)51-43(40(56)57)31-20-28-19-29(22-31)23-32(43)21-28/h9-14,25-26,28-29,31-32,35,53H,1-8,15-24H2,(H,50,55)(H,51,54)(H,56,57)(H4,44,45,48)(H4,46,47,49)/t28?,29?,31?,32?,35-,43?/m0/s1. The Labute approximate surface area is 340 Å². The van der Waals surface area contributed by atoms with Gasteiger partial charge in [-0.3, -0.25) is 19.6 Å². The van der Waals surface area contributed by atoms with Crippen LogP contribution in [0.25, 0.3) is 10.9 Å². The summed E-state index contributed by atoms with van der Waals surface area (Å²) in [6.45, 7) is 2.23. The Bertz CT molecular complexity index is 1920. The third kappa shape index (κ3) is 10.3. The number of aliphatic imine (C=N–C) groups is 2. The molecule has 2 aromatic carbocycles. The number of phenols is 1. The van der Waals surface area contributed by atoms with Crippen LogP contribution in [0, 0.1) is 23.7 Å². The minimum Gasteiger partial charge on any atom is -0.508 e. The zero-order chi connectivity index (χ0) is 41.2. The van der Waals surface area contributed by atoms with Gasteiger partial charge in [-0.25, -0.2) is 4.79 Å². The Hall–Kier alpha value is -5.47. The van der Waals surface area contributed by atoms with Gasteiger partial charge in [0.25, 0.3) is 5.91 Å². The van der Waals surface area contributed by atoms with Crippen LogP contribution in [0.15, 0.2) is 58.5 Å². The second-order valence-corrected chi connectivity index (χ2v) is 16.6. The first-order valence-electron chi connectivity index (χ1n) is 20.9. The topological polar surface area (TPSA) is 259 Å². The molecule has 15 nitrogen and oxygen atoms in total. The van der Waals surface area contributed by atoms with Crippen LogP contribution < -0.4 is 38.3 Å². The van der Waals surface area contributed by atoms with Crippen LogP contribution in [-0.4, -0.2) is 75.8 Å². The number of ether oxygens (including phenoxy) is 1. The summed E-state index contributed by atoms with van der Waals surface area (Å²) in [5.41, 5.74) is 22.3. The quantitative estimate of drug-likeness (QED) is 0.0410. The lowest BCUT2D eigenvalue weighted by atomic mass is 9.48. The van der Waals surface area contributed by atoms with E-state index >= 15 is 0 Å². The van der Waals surface area contributed by atoms with Crippen LogP contribution in [0.4, 0.5) is 0 Å². The number of nitrogens with zero attached hydrogens (tertiary/aromatic N) is 3. The molecule has 1 heterocycles. The Kier molecular flexibility index (Phi) is 14.0. The number of aryl methyl sites for hydroxylation is 1. The molecule has 12 N–H and O–H groups in total. The molecular weight excluding hydrogens is 739 g/mol. The lowest BCUT2D eigenvalue weighted by molar-refractivity contribution is -0.168. The number of carbonyl (C=O) groups is 3.